The fourth-order valence-electron chi connectivity index (χ4n) is 5.81. The molecular weight excluding hydrogens is 508 g/mol. The van der Waals surface area contributed by atoms with Gasteiger partial charge in [0.25, 0.3) is 0 Å². The van der Waals surface area contributed by atoms with E-state index < -0.39 is 5.97 Å². The first kappa shape index (κ1) is 39.9. The maximum absolute atomic E-state index is 12.1. The topological polar surface area (TPSA) is 63.6 Å². The van der Waals surface area contributed by atoms with Crippen molar-refractivity contribution in [1.82, 2.24) is 0 Å². The molecule has 0 fully saturated rings. The molecular formula is C37H72O4. The Kier molecular flexibility index (Phi) is 32.6. The van der Waals surface area contributed by atoms with Gasteiger partial charge in [-0.05, 0) is 32.6 Å². The molecule has 0 radical (unpaired) electrons. The molecule has 4 nitrogen and oxygen atoms in total. The van der Waals surface area contributed by atoms with E-state index in [0.717, 1.165) is 25.7 Å². The number of ether oxygens (including phenoxy) is 1. The van der Waals surface area contributed by atoms with E-state index in [2.05, 4.69) is 13.8 Å². The van der Waals surface area contributed by atoms with Crippen molar-refractivity contribution in [3.05, 3.63) is 0 Å². The second-order valence-corrected chi connectivity index (χ2v) is 12.9. The molecule has 4 heteroatoms. The van der Waals surface area contributed by atoms with Gasteiger partial charge in [0.05, 0.1) is 6.10 Å². The van der Waals surface area contributed by atoms with Crippen LogP contribution in [0.3, 0.4) is 0 Å². The van der Waals surface area contributed by atoms with Crippen LogP contribution in [0.2, 0.25) is 0 Å². The number of carboxylic acid groups (broad SMARTS) is 1. The van der Waals surface area contributed by atoms with Crippen molar-refractivity contribution in [2.24, 2.45) is 0 Å². The highest BCUT2D eigenvalue weighted by Gasteiger charge is 2.09. The van der Waals surface area contributed by atoms with Crippen LogP contribution in [0.15, 0.2) is 0 Å². The summed E-state index contributed by atoms with van der Waals surface area (Å²) < 4.78 is 5.64. The Hall–Kier alpha value is -1.06. The molecule has 0 bridgehead atoms. The number of carbonyl (C=O) groups excluding carboxylic acids is 1. The molecule has 0 aliphatic rings. The summed E-state index contributed by atoms with van der Waals surface area (Å²) >= 11 is 0. The molecule has 0 saturated carbocycles. The minimum Gasteiger partial charge on any atom is -0.481 e. The highest BCUT2D eigenvalue weighted by atomic mass is 16.5. The summed E-state index contributed by atoms with van der Waals surface area (Å²) in [5.41, 5.74) is 0. The molecule has 0 aliphatic heterocycles. The number of carboxylic acids is 1. The van der Waals surface area contributed by atoms with Crippen LogP contribution < -0.4 is 0 Å². The largest absolute Gasteiger partial charge is 0.481 e. The molecule has 0 amide bonds. The molecule has 0 rings (SSSR count). The van der Waals surface area contributed by atoms with Gasteiger partial charge < -0.3 is 9.84 Å². The van der Waals surface area contributed by atoms with Crippen LogP contribution in [-0.4, -0.2) is 23.1 Å². The Morgan fingerprint density at radius 2 is 0.756 bits per heavy atom. The van der Waals surface area contributed by atoms with Crippen LogP contribution in [0.1, 0.15) is 219 Å². The third kappa shape index (κ3) is 35.0. The predicted molar refractivity (Wildman–Crippen MR) is 177 cm³/mol. The maximum Gasteiger partial charge on any atom is 0.306 e. The number of carbonyl (C=O) groups is 2. The predicted octanol–water partition coefficient (Wildman–Crippen LogP) is 12.5. The molecule has 0 aromatic rings. The van der Waals surface area contributed by atoms with Crippen molar-refractivity contribution < 1.29 is 19.4 Å². The Balaban J connectivity index is 3.27. The third-order valence-corrected chi connectivity index (χ3v) is 8.57. The van der Waals surface area contributed by atoms with Crippen LogP contribution in [-0.2, 0) is 14.3 Å². The molecule has 1 atom stereocenters. The minimum atomic E-state index is -0.664. The number of unbranched alkanes of at least 4 members (excludes halogenated alkanes) is 27. The maximum atomic E-state index is 12.1. The van der Waals surface area contributed by atoms with Crippen molar-refractivity contribution in [3.63, 3.8) is 0 Å². The van der Waals surface area contributed by atoms with E-state index >= 15 is 0 Å². The molecule has 1 unspecified atom stereocenters. The van der Waals surface area contributed by atoms with Gasteiger partial charge in [-0.1, -0.05) is 174 Å². The Labute approximate surface area is 256 Å². The molecule has 1 N–H and O–H groups in total. The van der Waals surface area contributed by atoms with Crippen LogP contribution in [0.5, 0.6) is 0 Å². The van der Waals surface area contributed by atoms with Gasteiger partial charge in [0, 0.05) is 12.8 Å². The van der Waals surface area contributed by atoms with Crippen LogP contribution in [0.25, 0.3) is 0 Å². The monoisotopic (exact) mass is 581 g/mol. The molecule has 41 heavy (non-hydrogen) atoms. The SMILES string of the molecule is CCCCCCCCCCCCCCCCC(=O)OC(C)CCCCCCCCCCCCCCCCCC(=O)O. The van der Waals surface area contributed by atoms with E-state index in [-0.39, 0.29) is 12.1 Å². The number of aliphatic carboxylic acids is 1. The van der Waals surface area contributed by atoms with Crippen molar-refractivity contribution in [1.29, 1.82) is 0 Å². The lowest BCUT2D eigenvalue weighted by molar-refractivity contribution is -0.148. The van der Waals surface area contributed by atoms with Gasteiger partial charge >= 0.3 is 11.9 Å². The summed E-state index contributed by atoms with van der Waals surface area (Å²) in [6, 6.07) is 0. The second-order valence-electron chi connectivity index (χ2n) is 12.9. The molecule has 0 spiro atoms. The van der Waals surface area contributed by atoms with E-state index in [0.29, 0.717) is 12.8 Å². The lowest BCUT2D eigenvalue weighted by Crippen LogP contribution is -2.14. The van der Waals surface area contributed by atoms with Gasteiger partial charge in [0.2, 0.25) is 0 Å². The lowest BCUT2D eigenvalue weighted by atomic mass is 10.0. The number of hydrogen-bond acceptors (Lipinski definition) is 3. The quantitative estimate of drug-likeness (QED) is 0.0607. The fraction of sp³-hybridized carbons (Fsp3) is 0.946. The molecule has 0 saturated heterocycles. The van der Waals surface area contributed by atoms with Crippen LogP contribution in [0, 0.1) is 0 Å². The van der Waals surface area contributed by atoms with Crippen molar-refractivity contribution in [3.8, 4) is 0 Å². The average Bonchev–Trinajstić information content (AvgIpc) is 2.94. The van der Waals surface area contributed by atoms with Crippen molar-refractivity contribution in [2.75, 3.05) is 0 Å². The molecule has 0 aromatic heterocycles. The highest BCUT2D eigenvalue weighted by molar-refractivity contribution is 5.69. The van der Waals surface area contributed by atoms with Gasteiger partial charge in [0.15, 0.2) is 0 Å². The van der Waals surface area contributed by atoms with E-state index in [1.807, 2.05) is 0 Å². The zero-order valence-corrected chi connectivity index (χ0v) is 27.9. The first-order valence-electron chi connectivity index (χ1n) is 18.5. The fourth-order valence-corrected chi connectivity index (χ4v) is 5.81. The summed E-state index contributed by atoms with van der Waals surface area (Å²) in [7, 11) is 0. The Bertz CT molecular complexity index is 547. The van der Waals surface area contributed by atoms with Gasteiger partial charge in [-0.3, -0.25) is 9.59 Å². The number of rotatable bonds is 34. The Morgan fingerprint density at radius 1 is 0.463 bits per heavy atom. The summed E-state index contributed by atoms with van der Waals surface area (Å²) in [5.74, 6) is -0.657. The molecule has 0 aromatic carbocycles. The highest BCUT2D eigenvalue weighted by Crippen LogP contribution is 2.16. The molecule has 0 aliphatic carbocycles. The smallest absolute Gasteiger partial charge is 0.306 e. The average molecular weight is 581 g/mol. The molecule has 0 heterocycles. The van der Waals surface area contributed by atoms with Crippen LogP contribution in [0.4, 0.5) is 0 Å². The first-order valence-corrected chi connectivity index (χ1v) is 18.5. The minimum absolute atomic E-state index is 0.00664. The van der Waals surface area contributed by atoms with E-state index in [4.69, 9.17) is 9.84 Å². The normalized spacial score (nSPS) is 12.0. The van der Waals surface area contributed by atoms with E-state index in [9.17, 15) is 9.59 Å². The zero-order chi connectivity index (χ0) is 30.1. The summed E-state index contributed by atoms with van der Waals surface area (Å²) in [6.45, 7) is 4.34. The van der Waals surface area contributed by atoms with Gasteiger partial charge in [-0.25, -0.2) is 0 Å². The van der Waals surface area contributed by atoms with Gasteiger partial charge in [-0.15, -0.1) is 0 Å². The standard InChI is InChI=1S/C37H72O4/c1-3-4-5-6-7-8-9-10-16-19-22-25-28-31-34-37(40)41-35(2)32-29-26-23-20-17-14-12-11-13-15-18-21-24-27-30-33-36(38)39/h35H,3-34H2,1-2H3,(H,38,39). The zero-order valence-electron chi connectivity index (χ0n) is 27.9. The van der Waals surface area contributed by atoms with E-state index in [1.165, 1.54) is 167 Å². The van der Waals surface area contributed by atoms with Gasteiger partial charge in [-0.2, -0.15) is 0 Å². The number of esters is 1. The van der Waals surface area contributed by atoms with Gasteiger partial charge in [0.1, 0.15) is 0 Å². The van der Waals surface area contributed by atoms with Crippen LogP contribution >= 0.6 is 0 Å². The summed E-state index contributed by atoms with van der Waals surface area (Å²) in [4.78, 5) is 22.6. The third-order valence-electron chi connectivity index (χ3n) is 8.57. The summed E-state index contributed by atoms with van der Waals surface area (Å²) in [5, 5.41) is 8.63. The van der Waals surface area contributed by atoms with Crippen molar-refractivity contribution in [2.45, 2.75) is 225 Å². The first-order chi connectivity index (χ1) is 20.1. The Morgan fingerprint density at radius 3 is 1.10 bits per heavy atom. The van der Waals surface area contributed by atoms with E-state index in [1.54, 1.807) is 0 Å². The summed E-state index contributed by atoms with van der Waals surface area (Å²) in [6.07, 6.45) is 39.6. The lowest BCUT2D eigenvalue weighted by Gasteiger charge is -2.13. The van der Waals surface area contributed by atoms with Crippen molar-refractivity contribution >= 4 is 11.9 Å². The number of hydrogen-bond donors (Lipinski definition) is 1. The second kappa shape index (κ2) is 33.4. The molecule has 244 valence electrons.